The SMILES string of the molecule is Cn1nc(C2CCC(=O)NC2=O)c2cccc(OC3CCN(C(=O)C(C)(C)OCc4ccccc4)CC3)c21. The average molecular weight is 519 g/mol. The van der Waals surface area contributed by atoms with Crippen LogP contribution >= 0.6 is 0 Å². The van der Waals surface area contributed by atoms with Crippen molar-refractivity contribution in [2.24, 2.45) is 7.05 Å². The Hall–Kier alpha value is -3.72. The molecule has 1 atom stereocenters. The van der Waals surface area contributed by atoms with E-state index in [1.165, 1.54) is 0 Å². The van der Waals surface area contributed by atoms with Gasteiger partial charge in [0.15, 0.2) is 0 Å². The Balaban J connectivity index is 1.22. The van der Waals surface area contributed by atoms with Crippen molar-refractivity contribution in [2.45, 2.75) is 63.8 Å². The number of carbonyl (C=O) groups is 3. The third-order valence-electron chi connectivity index (χ3n) is 7.41. The molecule has 0 spiro atoms. The quantitative estimate of drug-likeness (QED) is 0.481. The number of amides is 3. The van der Waals surface area contributed by atoms with Gasteiger partial charge in [0.2, 0.25) is 11.8 Å². The van der Waals surface area contributed by atoms with E-state index in [0.29, 0.717) is 56.8 Å². The summed E-state index contributed by atoms with van der Waals surface area (Å²) in [5.74, 6) is -0.332. The van der Waals surface area contributed by atoms with E-state index in [0.717, 1.165) is 16.5 Å². The number of aryl methyl sites for hydroxylation is 1. The van der Waals surface area contributed by atoms with Crippen LogP contribution in [0.2, 0.25) is 0 Å². The van der Waals surface area contributed by atoms with Crippen LogP contribution in [0, 0.1) is 0 Å². The van der Waals surface area contributed by atoms with E-state index in [4.69, 9.17) is 9.47 Å². The molecule has 1 N–H and O–H groups in total. The number of imide groups is 1. The van der Waals surface area contributed by atoms with Gasteiger partial charge in [0, 0.05) is 44.8 Å². The molecule has 9 heteroatoms. The number of fused-ring (bicyclic) bond motifs is 1. The minimum Gasteiger partial charge on any atom is -0.488 e. The van der Waals surface area contributed by atoms with E-state index in [2.05, 4.69) is 10.4 Å². The van der Waals surface area contributed by atoms with E-state index in [1.807, 2.05) is 74.3 Å². The van der Waals surface area contributed by atoms with Gasteiger partial charge in [-0.15, -0.1) is 0 Å². The Labute approximate surface area is 222 Å². The molecule has 0 saturated carbocycles. The lowest BCUT2D eigenvalue weighted by Gasteiger charge is -2.37. The maximum Gasteiger partial charge on any atom is 0.254 e. The van der Waals surface area contributed by atoms with Crippen LogP contribution in [0.1, 0.15) is 56.7 Å². The molecule has 2 aliphatic rings. The molecule has 9 nitrogen and oxygen atoms in total. The molecule has 3 amide bonds. The van der Waals surface area contributed by atoms with Gasteiger partial charge in [0.1, 0.15) is 23.0 Å². The first kappa shape index (κ1) is 25.9. The predicted molar refractivity (Wildman–Crippen MR) is 141 cm³/mol. The van der Waals surface area contributed by atoms with Crippen molar-refractivity contribution in [3.8, 4) is 5.75 Å². The Morgan fingerprint density at radius 3 is 2.50 bits per heavy atom. The zero-order valence-electron chi connectivity index (χ0n) is 22.1. The van der Waals surface area contributed by atoms with Gasteiger partial charge < -0.3 is 14.4 Å². The summed E-state index contributed by atoms with van der Waals surface area (Å²) in [6.45, 7) is 5.21. The molecule has 2 saturated heterocycles. The lowest BCUT2D eigenvalue weighted by atomic mass is 9.93. The fraction of sp³-hybridized carbons (Fsp3) is 0.448. The number of nitrogens with one attached hydrogen (secondary N) is 1. The van der Waals surface area contributed by atoms with Gasteiger partial charge in [0.05, 0.1) is 18.2 Å². The van der Waals surface area contributed by atoms with Gasteiger partial charge in [-0.05, 0) is 31.9 Å². The van der Waals surface area contributed by atoms with Crippen LogP contribution in [-0.4, -0.2) is 57.2 Å². The molecule has 200 valence electrons. The first-order chi connectivity index (χ1) is 18.2. The highest BCUT2D eigenvalue weighted by atomic mass is 16.5. The molecule has 2 fully saturated rings. The molecule has 3 heterocycles. The Morgan fingerprint density at radius 2 is 1.79 bits per heavy atom. The van der Waals surface area contributed by atoms with Crippen LogP contribution in [0.4, 0.5) is 0 Å². The summed E-state index contributed by atoms with van der Waals surface area (Å²) >= 11 is 0. The van der Waals surface area contributed by atoms with Crippen molar-refractivity contribution >= 4 is 28.6 Å². The number of ether oxygens (including phenoxy) is 2. The topological polar surface area (TPSA) is 103 Å². The Kier molecular flexibility index (Phi) is 7.21. The number of para-hydroxylation sites is 1. The molecule has 0 bridgehead atoms. The van der Waals surface area contributed by atoms with Crippen LogP contribution < -0.4 is 10.1 Å². The zero-order chi connectivity index (χ0) is 26.9. The fourth-order valence-corrected chi connectivity index (χ4v) is 5.27. The molecule has 1 aromatic heterocycles. The van der Waals surface area contributed by atoms with Gasteiger partial charge >= 0.3 is 0 Å². The normalized spacial score (nSPS) is 19.0. The summed E-state index contributed by atoms with van der Waals surface area (Å²) in [5, 5.41) is 7.92. The Bertz CT molecular complexity index is 1340. The summed E-state index contributed by atoms with van der Waals surface area (Å²) in [5.41, 5.74) is 1.60. The van der Waals surface area contributed by atoms with Crippen LogP contribution in [-0.2, 0) is 32.8 Å². The molecule has 3 aromatic rings. The lowest BCUT2D eigenvalue weighted by molar-refractivity contribution is -0.157. The minimum atomic E-state index is -0.920. The standard InChI is InChI=1S/C29H34N4O5/c1-29(2,37-18-19-8-5-4-6-9-19)28(36)33-16-14-20(15-17-33)38-23-11-7-10-21-25(31-32(3)26(21)23)22-12-13-24(34)30-27(22)35/h4-11,20,22H,12-18H2,1-3H3,(H,30,34,35). The third-order valence-corrected chi connectivity index (χ3v) is 7.41. The predicted octanol–water partition coefficient (Wildman–Crippen LogP) is 3.46. The van der Waals surface area contributed by atoms with Gasteiger partial charge in [0.25, 0.3) is 5.91 Å². The second-order valence-corrected chi connectivity index (χ2v) is 10.6. The summed E-state index contributed by atoms with van der Waals surface area (Å²) in [4.78, 5) is 39.2. The smallest absolute Gasteiger partial charge is 0.254 e. The van der Waals surface area contributed by atoms with E-state index < -0.39 is 11.5 Å². The van der Waals surface area contributed by atoms with Crippen molar-refractivity contribution < 1.29 is 23.9 Å². The summed E-state index contributed by atoms with van der Waals surface area (Å²) in [6.07, 6.45) is 2.10. The van der Waals surface area contributed by atoms with Crippen LogP contribution in [0.15, 0.2) is 48.5 Å². The number of hydrogen-bond donors (Lipinski definition) is 1. The lowest BCUT2D eigenvalue weighted by Crippen LogP contribution is -2.51. The van der Waals surface area contributed by atoms with Crippen LogP contribution in [0.5, 0.6) is 5.75 Å². The zero-order valence-corrected chi connectivity index (χ0v) is 22.1. The maximum absolute atomic E-state index is 13.2. The number of carbonyl (C=O) groups excluding carboxylic acids is 3. The van der Waals surface area contributed by atoms with Crippen molar-refractivity contribution in [3.63, 3.8) is 0 Å². The summed E-state index contributed by atoms with van der Waals surface area (Å²) < 4.78 is 14.2. The van der Waals surface area contributed by atoms with Gasteiger partial charge in [-0.25, -0.2) is 0 Å². The molecular weight excluding hydrogens is 484 g/mol. The van der Waals surface area contributed by atoms with E-state index in [-0.39, 0.29) is 23.8 Å². The van der Waals surface area contributed by atoms with Gasteiger partial charge in [-0.2, -0.15) is 5.10 Å². The molecule has 2 aliphatic heterocycles. The highest BCUT2D eigenvalue weighted by molar-refractivity contribution is 6.03. The monoisotopic (exact) mass is 518 g/mol. The molecule has 38 heavy (non-hydrogen) atoms. The van der Waals surface area contributed by atoms with Crippen molar-refractivity contribution in [1.82, 2.24) is 20.0 Å². The molecule has 0 radical (unpaired) electrons. The number of likely N-dealkylation sites (tertiary alicyclic amines) is 1. The van der Waals surface area contributed by atoms with Crippen molar-refractivity contribution in [3.05, 3.63) is 59.8 Å². The third kappa shape index (κ3) is 5.29. The van der Waals surface area contributed by atoms with Gasteiger partial charge in [-0.3, -0.25) is 24.4 Å². The number of rotatable bonds is 7. The highest BCUT2D eigenvalue weighted by Crippen LogP contribution is 2.35. The summed E-state index contributed by atoms with van der Waals surface area (Å²) in [6, 6.07) is 15.6. The largest absolute Gasteiger partial charge is 0.488 e. The number of benzene rings is 2. The van der Waals surface area contributed by atoms with E-state index in [9.17, 15) is 14.4 Å². The minimum absolute atomic E-state index is 0.0190. The maximum atomic E-state index is 13.2. The van der Waals surface area contributed by atoms with E-state index >= 15 is 0 Å². The van der Waals surface area contributed by atoms with Crippen molar-refractivity contribution in [2.75, 3.05) is 13.1 Å². The molecule has 5 rings (SSSR count). The van der Waals surface area contributed by atoms with Crippen LogP contribution in [0.25, 0.3) is 10.9 Å². The molecule has 1 unspecified atom stereocenters. The Morgan fingerprint density at radius 1 is 1.05 bits per heavy atom. The number of piperidine rings is 2. The molecular formula is C29H34N4O5. The number of hydrogen-bond acceptors (Lipinski definition) is 6. The highest BCUT2D eigenvalue weighted by Gasteiger charge is 2.36. The number of aromatic nitrogens is 2. The second-order valence-electron chi connectivity index (χ2n) is 10.6. The molecule has 2 aromatic carbocycles. The van der Waals surface area contributed by atoms with Gasteiger partial charge in [-0.1, -0.05) is 42.5 Å². The van der Waals surface area contributed by atoms with Crippen LogP contribution in [0.3, 0.4) is 0 Å². The van der Waals surface area contributed by atoms with Crippen molar-refractivity contribution in [1.29, 1.82) is 0 Å². The first-order valence-electron chi connectivity index (χ1n) is 13.2. The second kappa shape index (κ2) is 10.6. The average Bonchev–Trinajstić information content (AvgIpc) is 3.25. The first-order valence-corrected chi connectivity index (χ1v) is 13.2. The fourth-order valence-electron chi connectivity index (χ4n) is 5.27. The summed E-state index contributed by atoms with van der Waals surface area (Å²) in [7, 11) is 1.84. The molecule has 0 aliphatic carbocycles. The number of nitrogens with zero attached hydrogens (tertiary/aromatic N) is 3. The van der Waals surface area contributed by atoms with E-state index in [1.54, 1.807) is 4.68 Å².